The van der Waals surface area contributed by atoms with E-state index in [4.69, 9.17) is 30.5 Å². The van der Waals surface area contributed by atoms with Crippen LogP contribution in [0.3, 0.4) is 0 Å². The molecule has 0 saturated carbocycles. The van der Waals surface area contributed by atoms with Gasteiger partial charge in [0.05, 0.1) is 41.7 Å². The first-order valence-electron chi connectivity index (χ1n) is 11.2. The third kappa shape index (κ3) is 5.19. The third-order valence-electron chi connectivity index (χ3n) is 6.23. The summed E-state index contributed by atoms with van der Waals surface area (Å²) in [5.41, 5.74) is 0.365. The van der Waals surface area contributed by atoms with Crippen LogP contribution in [0.4, 0.5) is 10.1 Å². The number of rotatable bonds is 8. The van der Waals surface area contributed by atoms with E-state index >= 15 is 0 Å². The Morgan fingerprint density at radius 1 is 1.19 bits per heavy atom. The standard InChI is InChI=1S/C23H22ClFN3O8P/c1-33-18-8-34-23-19(9-35-22(18)23)36-17-6-15-12(5-16(17)26-7-20(29)37(30,31)32)21(28-10-27-15)11-2-3-14(25)13(24)4-11/h2-6,10,18-19,22-23,26H,7-9H2,1H3,(H2,30,31,32)/t18-,19+,22?,23?/m1/s1. The summed E-state index contributed by atoms with van der Waals surface area (Å²) in [6.07, 6.45) is -0.113. The lowest BCUT2D eigenvalue weighted by atomic mass is 10.0. The Kier molecular flexibility index (Phi) is 7.16. The summed E-state index contributed by atoms with van der Waals surface area (Å²) in [6, 6.07) is 7.34. The quantitative estimate of drug-likeness (QED) is 0.353. The molecule has 2 unspecified atom stereocenters. The van der Waals surface area contributed by atoms with Crippen molar-refractivity contribution in [3.05, 3.63) is 47.5 Å². The zero-order valence-corrected chi connectivity index (χ0v) is 21.0. The Balaban J connectivity index is 1.53. The summed E-state index contributed by atoms with van der Waals surface area (Å²) in [4.78, 5) is 39.0. The predicted molar refractivity (Wildman–Crippen MR) is 130 cm³/mol. The second-order valence-corrected chi connectivity index (χ2v) is 10.5. The zero-order chi connectivity index (χ0) is 26.3. The highest BCUT2D eigenvalue weighted by atomic mass is 35.5. The second-order valence-electron chi connectivity index (χ2n) is 8.53. The largest absolute Gasteiger partial charge is 0.483 e. The van der Waals surface area contributed by atoms with Gasteiger partial charge in [0.25, 0.3) is 5.52 Å². The molecule has 1 aromatic heterocycles. The van der Waals surface area contributed by atoms with Crippen molar-refractivity contribution in [3.8, 4) is 17.0 Å². The number of carbonyl (C=O) groups is 1. The smallest absolute Gasteiger partial charge is 0.393 e. The number of anilines is 1. The molecule has 4 atom stereocenters. The minimum absolute atomic E-state index is 0.0866. The Bertz CT molecular complexity index is 1410. The van der Waals surface area contributed by atoms with Crippen LogP contribution in [-0.4, -0.2) is 76.6 Å². The van der Waals surface area contributed by atoms with Crippen molar-refractivity contribution in [1.82, 2.24) is 9.97 Å². The van der Waals surface area contributed by atoms with Gasteiger partial charge in [-0.05, 0) is 24.3 Å². The fraction of sp³-hybridized carbons (Fsp3) is 0.348. The fourth-order valence-electron chi connectivity index (χ4n) is 4.36. The van der Waals surface area contributed by atoms with Gasteiger partial charge in [-0.1, -0.05) is 11.6 Å². The van der Waals surface area contributed by atoms with Crippen LogP contribution in [-0.2, 0) is 23.6 Å². The highest BCUT2D eigenvalue weighted by Gasteiger charge is 2.49. The Morgan fingerprint density at radius 3 is 2.62 bits per heavy atom. The van der Waals surface area contributed by atoms with Crippen LogP contribution in [0.2, 0.25) is 5.02 Å². The summed E-state index contributed by atoms with van der Waals surface area (Å²) >= 11 is 5.96. The number of carbonyl (C=O) groups excluding carboxylic acids is 1. The minimum Gasteiger partial charge on any atom is -0.483 e. The third-order valence-corrected chi connectivity index (χ3v) is 7.33. The van der Waals surface area contributed by atoms with Crippen LogP contribution in [0, 0.1) is 5.82 Å². The summed E-state index contributed by atoms with van der Waals surface area (Å²) in [5, 5.41) is 3.16. The Morgan fingerprint density at radius 2 is 1.92 bits per heavy atom. The zero-order valence-electron chi connectivity index (χ0n) is 19.3. The second kappa shape index (κ2) is 10.2. The van der Waals surface area contributed by atoms with Crippen molar-refractivity contribution in [2.45, 2.75) is 24.4 Å². The van der Waals surface area contributed by atoms with Crippen LogP contribution in [0.1, 0.15) is 0 Å². The molecule has 3 heterocycles. The first-order chi connectivity index (χ1) is 17.7. The van der Waals surface area contributed by atoms with E-state index < -0.39 is 37.7 Å². The van der Waals surface area contributed by atoms with Crippen molar-refractivity contribution in [3.63, 3.8) is 0 Å². The van der Waals surface area contributed by atoms with Gasteiger partial charge in [0.15, 0.2) is 6.10 Å². The number of fused-ring (bicyclic) bond motifs is 2. The van der Waals surface area contributed by atoms with Gasteiger partial charge in [-0.25, -0.2) is 14.4 Å². The molecule has 14 heteroatoms. The Labute approximate surface area is 215 Å². The summed E-state index contributed by atoms with van der Waals surface area (Å²) in [7, 11) is -3.38. The fourth-order valence-corrected chi connectivity index (χ4v) is 4.83. The van der Waals surface area contributed by atoms with Crippen molar-refractivity contribution in [2.24, 2.45) is 0 Å². The molecule has 2 aliphatic rings. The molecule has 5 rings (SSSR count). The summed E-state index contributed by atoms with van der Waals surface area (Å²) < 4.78 is 48.3. The number of nitrogens with zero attached hydrogens (tertiary/aromatic N) is 2. The maximum Gasteiger partial charge on any atom is 0.393 e. The lowest BCUT2D eigenvalue weighted by Crippen LogP contribution is -2.35. The predicted octanol–water partition coefficient (Wildman–Crippen LogP) is 2.77. The molecule has 3 N–H and O–H groups in total. The number of ether oxygens (including phenoxy) is 4. The molecule has 2 fully saturated rings. The maximum absolute atomic E-state index is 13.7. The average Bonchev–Trinajstić information content (AvgIpc) is 3.46. The normalized spacial score (nSPS) is 23.3. The number of halogens is 2. The molecule has 0 aliphatic carbocycles. The van der Waals surface area contributed by atoms with Crippen LogP contribution >= 0.6 is 19.2 Å². The molecule has 2 aliphatic heterocycles. The molecule has 0 spiro atoms. The van der Waals surface area contributed by atoms with Gasteiger partial charge in [-0.15, -0.1) is 0 Å². The van der Waals surface area contributed by atoms with Gasteiger partial charge < -0.3 is 34.1 Å². The van der Waals surface area contributed by atoms with Gasteiger partial charge in [0.2, 0.25) is 0 Å². The van der Waals surface area contributed by atoms with E-state index in [0.29, 0.717) is 28.8 Å². The lowest BCUT2D eigenvalue weighted by Gasteiger charge is -2.21. The van der Waals surface area contributed by atoms with Gasteiger partial charge in [-0.2, -0.15) is 0 Å². The van der Waals surface area contributed by atoms with Crippen LogP contribution in [0.25, 0.3) is 22.2 Å². The van der Waals surface area contributed by atoms with Gasteiger partial charge in [-0.3, -0.25) is 9.36 Å². The topological polar surface area (TPSA) is 149 Å². The van der Waals surface area contributed by atoms with E-state index in [1.165, 1.54) is 24.5 Å². The number of hydrogen-bond donors (Lipinski definition) is 3. The summed E-state index contributed by atoms with van der Waals surface area (Å²) in [5.74, 6) is -0.328. The van der Waals surface area contributed by atoms with E-state index in [-0.39, 0.29) is 35.3 Å². The van der Waals surface area contributed by atoms with E-state index in [1.807, 2.05) is 0 Å². The molecule has 2 saturated heterocycles. The highest BCUT2D eigenvalue weighted by Crippen LogP contribution is 2.39. The SMILES string of the molecule is CO[C@@H]1COC2C1OC[C@@H]2Oc1cc2ncnc(-c3ccc(F)c(Cl)c3)c2cc1NCC(=O)P(=O)(O)O. The highest BCUT2D eigenvalue weighted by molar-refractivity contribution is 7.70. The van der Waals surface area contributed by atoms with Crippen molar-refractivity contribution < 1.29 is 42.5 Å². The number of hydrogen-bond acceptors (Lipinski definition) is 9. The molecule has 2 aromatic carbocycles. The molecule has 0 bridgehead atoms. The number of aromatic nitrogens is 2. The van der Waals surface area contributed by atoms with E-state index in [0.717, 1.165) is 0 Å². The number of benzene rings is 2. The molecule has 0 radical (unpaired) electrons. The molecule has 196 valence electrons. The van der Waals surface area contributed by atoms with Crippen LogP contribution < -0.4 is 10.1 Å². The van der Waals surface area contributed by atoms with Gasteiger partial charge >= 0.3 is 7.60 Å². The monoisotopic (exact) mass is 553 g/mol. The van der Waals surface area contributed by atoms with Gasteiger partial charge in [0, 0.05) is 24.1 Å². The van der Waals surface area contributed by atoms with E-state index in [1.54, 1.807) is 19.2 Å². The molecule has 3 aromatic rings. The minimum atomic E-state index is -4.95. The van der Waals surface area contributed by atoms with Crippen LogP contribution in [0.5, 0.6) is 5.75 Å². The molecular formula is C23H22ClFN3O8P. The van der Waals surface area contributed by atoms with Gasteiger partial charge in [0.1, 0.15) is 36.2 Å². The van der Waals surface area contributed by atoms with E-state index in [9.17, 15) is 23.5 Å². The summed E-state index contributed by atoms with van der Waals surface area (Å²) in [6.45, 7) is -0.0910. The molecular weight excluding hydrogens is 532 g/mol. The van der Waals surface area contributed by atoms with Crippen molar-refractivity contribution in [2.75, 3.05) is 32.2 Å². The number of nitrogens with one attached hydrogen (secondary N) is 1. The van der Waals surface area contributed by atoms with Crippen molar-refractivity contribution in [1.29, 1.82) is 0 Å². The maximum atomic E-state index is 13.7. The average molecular weight is 554 g/mol. The first kappa shape index (κ1) is 25.9. The molecule has 37 heavy (non-hydrogen) atoms. The number of methoxy groups -OCH3 is 1. The van der Waals surface area contributed by atoms with Crippen LogP contribution in [0.15, 0.2) is 36.7 Å². The molecule has 0 amide bonds. The first-order valence-corrected chi connectivity index (χ1v) is 13.1. The van der Waals surface area contributed by atoms with E-state index in [2.05, 4.69) is 15.3 Å². The Hall–Kier alpha value is -2.70. The van der Waals surface area contributed by atoms with Crippen molar-refractivity contribution >= 4 is 41.3 Å². The molecule has 11 nitrogen and oxygen atoms in total. The lowest BCUT2D eigenvalue weighted by molar-refractivity contribution is -0.111.